The summed E-state index contributed by atoms with van der Waals surface area (Å²) < 4.78 is 0. The zero-order chi connectivity index (χ0) is 11.8. The maximum absolute atomic E-state index is 5.90. The van der Waals surface area contributed by atoms with Gasteiger partial charge in [0.1, 0.15) is 0 Å². The van der Waals surface area contributed by atoms with E-state index < -0.39 is 0 Å². The lowest BCUT2D eigenvalue weighted by molar-refractivity contribution is 0.0970. The molecule has 0 saturated carbocycles. The number of unbranched alkanes of at least 4 members (excludes halogenated alkanes) is 2. The van der Waals surface area contributed by atoms with Crippen LogP contribution in [0.1, 0.15) is 39.5 Å². The first kappa shape index (κ1) is 13.9. The number of piperazine rings is 1. The number of hydrogen-bond acceptors (Lipinski definition) is 3. The van der Waals surface area contributed by atoms with Gasteiger partial charge < -0.3 is 10.6 Å². The molecule has 0 aliphatic carbocycles. The van der Waals surface area contributed by atoms with Crippen LogP contribution in [0.15, 0.2) is 0 Å². The second-order valence-corrected chi connectivity index (χ2v) is 4.86. The molecule has 0 aromatic carbocycles. The Morgan fingerprint density at radius 3 is 2.25 bits per heavy atom. The van der Waals surface area contributed by atoms with Gasteiger partial charge in [-0.05, 0) is 13.0 Å². The Labute approximate surface area is 101 Å². The SMILES string of the molecule is CCCCCC(CN)N1CCN(CC)CC1. The number of rotatable bonds is 7. The summed E-state index contributed by atoms with van der Waals surface area (Å²) in [4.78, 5) is 5.12. The van der Waals surface area contributed by atoms with Crippen LogP contribution in [0.2, 0.25) is 0 Å². The fourth-order valence-electron chi connectivity index (χ4n) is 2.52. The van der Waals surface area contributed by atoms with Crippen molar-refractivity contribution in [2.75, 3.05) is 39.3 Å². The number of hydrogen-bond donors (Lipinski definition) is 1. The zero-order valence-corrected chi connectivity index (χ0v) is 11.1. The summed E-state index contributed by atoms with van der Waals surface area (Å²) in [5.74, 6) is 0. The highest BCUT2D eigenvalue weighted by Crippen LogP contribution is 2.12. The van der Waals surface area contributed by atoms with Crippen molar-refractivity contribution in [1.82, 2.24) is 9.80 Å². The molecule has 0 radical (unpaired) electrons. The van der Waals surface area contributed by atoms with E-state index in [2.05, 4.69) is 23.6 Å². The Hall–Kier alpha value is -0.120. The van der Waals surface area contributed by atoms with Gasteiger partial charge in [-0.3, -0.25) is 4.90 Å². The fraction of sp³-hybridized carbons (Fsp3) is 1.00. The Kier molecular flexibility index (Phi) is 7.01. The first-order valence-electron chi connectivity index (χ1n) is 6.98. The molecule has 0 amide bonds. The molecule has 16 heavy (non-hydrogen) atoms. The third-order valence-electron chi connectivity index (χ3n) is 3.78. The van der Waals surface area contributed by atoms with E-state index in [1.165, 1.54) is 58.4 Å². The fourth-order valence-corrected chi connectivity index (χ4v) is 2.52. The van der Waals surface area contributed by atoms with E-state index in [1.54, 1.807) is 0 Å². The largest absolute Gasteiger partial charge is 0.329 e. The molecule has 1 saturated heterocycles. The summed E-state index contributed by atoms with van der Waals surface area (Å²) >= 11 is 0. The smallest absolute Gasteiger partial charge is 0.0219 e. The normalized spacial score (nSPS) is 21.2. The highest BCUT2D eigenvalue weighted by molar-refractivity contribution is 4.78. The van der Waals surface area contributed by atoms with Crippen LogP contribution >= 0.6 is 0 Å². The van der Waals surface area contributed by atoms with Gasteiger partial charge in [-0.2, -0.15) is 0 Å². The summed E-state index contributed by atoms with van der Waals surface area (Å²) in [6.07, 6.45) is 5.29. The van der Waals surface area contributed by atoms with E-state index in [0.29, 0.717) is 6.04 Å². The second kappa shape index (κ2) is 8.04. The lowest BCUT2D eigenvalue weighted by Crippen LogP contribution is -2.52. The summed E-state index contributed by atoms with van der Waals surface area (Å²) in [7, 11) is 0. The molecule has 0 aromatic heterocycles. The van der Waals surface area contributed by atoms with E-state index in [1.807, 2.05) is 0 Å². The van der Waals surface area contributed by atoms with E-state index in [4.69, 9.17) is 5.73 Å². The summed E-state index contributed by atoms with van der Waals surface area (Å²) in [5.41, 5.74) is 5.90. The van der Waals surface area contributed by atoms with E-state index in [-0.39, 0.29) is 0 Å². The minimum absolute atomic E-state index is 0.630. The molecule has 1 unspecified atom stereocenters. The van der Waals surface area contributed by atoms with Crippen LogP contribution in [0.5, 0.6) is 0 Å². The molecule has 96 valence electrons. The summed E-state index contributed by atoms with van der Waals surface area (Å²) in [6.45, 7) is 11.4. The molecule has 1 atom stereocenters. The van der Waals surface area contributed by atoms with Crippen LogP contribution < -0.4 is 5.73 Å². The maximum atomic E-state index is 5.90. The third kappa shape index (κ3) is 4.40. The molecule has 3 heteroatoms. The van der Waals surface area contributed by atoms with Crippen LogP contribution in [0.3, 0.4) is 0 Å². The Balaban J connectivity index is 2.25. The number of nitrogens with zero attached hydrogens (tertiary/aromatic N) is 2. The predicted molar refractivity (Wildman–Crippen MR) is 70.7 cm³/mol. The van der Waals surface area contributed by atoms with Crippen LogP contribution in [-0.4, -0.2) is 55.1 Å². The van der Waals surface area contributed by atoms with Crippen molar-refractivity contribution in [3.8, 4) is 0 Å². The van der Waals surface area contributed by atoms with Crippen molar-refractivity contribution < 1.29 is 0 Å². The van der Waals surface area contributed by atoms with Crippen LogP contribution in [0, 0.1) is 0 Å². The molecular formula is C13H29N3. The second-order valence-electron chi connectivity index (χ2n) is 4.86. The molecule has 1 aliphatic rings. The summed E-state index contributed by atoms with van der Waals surface area (Å²) in [6, 6.07) is 0.630. The molecule has 1 fully saturated rings. The van der Waals surface area contributed by atoms with Crippen LogP contribution in [0.25, 0.3) is 0 Å². The lowest BCUT2D eigenvalue weighted by Gasteiger charge is -2.38. The van der Waals surface area contributed by atoms with Gasteiger partial charge in [-0.1, -0.05) is 33.1 Å². The van der Waals surface area contributed by atoms with Gasteiger partial charge in [0.2, 0.25) is 0 Å². The highest BCUT2D eigenvalue weighted by Gasteiger charge is 2.21. The molecule has 1 aliphatic heterocycles. The molecule has 1 heterocycles. The first-order valence-corrected chi connectivity index (χ1v) is 6.98. The van der Waals surface area contributed by atoms with Gasteiger partial charge >= 0.3 is 0 Å². The average molecular weight is 227 g/mol. The zero-order valence-electron chi connectivity index (χ0n) is 11.1. The monoisotopic (exact) mass is 227 g/mol. The van der Waals surface area contributed by atoms with Gasteiger partial charge in [0.25, 0.3) is 0 Å². The van der Waals surface area contributed by atoms with Crippen molar-refractivity contribution in [1.29, 1.82) is 0 Å². The van der Waals surface area contributed by atoms with Crippen molar-refractivity contribution in [2.24, 2.45) is 5.73 Å². The predicted octanol–water partition coefficient (Wildman–Crippen LogP) is 1.53. The van der Waals surface area contributed by atoms with Crippen molar-refractivity contribution in [2.45, 2.75) is 45.6 Å². The molecule has 0 aromatic rings. The number of likely N-dealkylation sites (N-methyl/N-ethyl adjacent to an activating group) is 1. The molecule has 1 rings (SSSR count). The molecule has 3 nitrogen and oxygen atoms in total. The van der Waals surface area contributed by atoms with Gasteiger partial charge in [0.15, 0.2) is 0 Å². The van der Waals surface area contributed by atoms with Gasteiger partial charge in [0, 0.05) is 38.8 Å². The van der Waals surface area contributed by atoms with Crippen molar-refractivity contribution in [3.05, 3.63) is 0 Å². The van der Waals surface area contributed by atoms with Crippen molar-refractivity contribution >= 4 is 0 Å². The summed E-state index contributed by atoms with van der Waals surface area (Å²) in [5, 5.41) is 0. The van der Waals surface area contributed by atoms with E-state index >= 15 is 0 Å². The van der Waals surface area contributed by atoms with Crippen LogP contribution in [0.4, 0.5) is 0 Å². The molecule has 0 bridgehead atoms. The minimum atomic E-state index is 0.630. The maximum Gasteiger partial charge on any atom is 0.0219 e. The first-order chi connectivity index (χ1) is 7.81. The van der Waals surface area contributed by atoms with Gasteiger partial charge in [0.05, 0.1) is 0 Å². The minimum Gasteiger partial charge on any atom is -0.329 e. The van der Waals surface area contributed by atoms with Crippen LogP contribution in [-0.2, 0) is 0 Å². The van der Waals surface area contributed by atoms with Gasteiger partial charge in [-0.15, -0.1) is 0 Å². The van der Waals surface area contributed by atoms with E-state index in [0.717, 1.165) is 6.54 Å². The average Bonchev–Trinajstić information content (AvgIpc) is 2.35. The Bertz CT molecular complexity index is 162. The Morgan fingerprint density at radius 1 is 1.06 bits per heavy atom. The highest BCUT2D eigenvalue weighted by atomic mass is 15.3. The standard InChI is InChI=1S/C13H29N3/c1-3-5-6-7-13(12-14)16-10-8-15(4-2)9-11-16/h13H,3-12,14H2,1-2H3. The third-order valence-corrected chi connectivity index (χ3v) is 3.78. The molecule has 2 N–H and O–H groups in total. The lowest BCUT2D eigenvalue weighted by atomic mass is 10.1. The van der Waals surface area contributed by atoms with Gasteiger partial charge in [-0.25, -0.2) is 0 Å². The van der Waals surface area contributed by atoms with E-state index in [9.17, 15) is 0 Å². The molecular weight excluding hydrogens is 198 g/mol. The van der Waals surface area contributed by atoms with Crippen molar-refractivity contribution in [3.63, 3.8) is 0 Å². The topological polar surface area (TPSA) is 32.5 Å². The number of nitrogens with two attached hydrogens (primary N) is 1. The quantitative estimate of drug-likeness (QED) is 0.670. The Morgan fingerprint density at radius 2 is 1.75 bits per heavy atom. The molecule has 0 spiro atoms.